The van der Waals surface area contributed by atoms with Crippen LogP contribution in [0.15, 0.2) is 67.0 Å². The van der Waals surface area contributed by atoms with Gasteiger partial charge in [-0.05, 0) is 80.0 Å². The summed E-state index contributed by atoms with van der Waals surface area (Å²) in [5, 5.41) is 7.50. The van der Waals surface area contributed by atoms with Crippen LogP contribution in [0.25, 0.3) is 10.9 Å². The second-order valence-electron chi connectivity index (χ2n) is 10.1. The van der Waals surface area contributed by atoms with Gasteiger partial charge in [-0.3, -0.25) is 0 Å². The summed E-state index contributed by atoms with van der Waals surface area (Å²) < 4.78 is 19.2. The molecule has 2 fully saturated rings. The number of nitrogens with one attached hydrogen (secondary N) is 2. The molecule has 0 unspecified atom stereocenters. The minimum atomic E-state index is -0.312. The van der Waals surface area contributed by atoms with E-state index >= 15 is 0 Å². The van der Waals surface area contributed by atoms with E-state index in [9.17, 15) is 9.18 Å². The van der Waals surface area contributed by atoms with E-state index in [0.717, 1.165) is 37.0 Å². The zero-order chi connectivity index (χ0) is 26.9. The van der Waals surface area contributed by atoms with E-state index in [4.69, 9.17) is 16.3 Å². The first-order chi connectivity index (χ1) is 18.9. The standard InChI is InChI=1S/C29H28ClFN6O2/c1-36-10-9-19-14-37(15-26(19)36)29(38)35-21-5-7-25-23(12-21)28(33-17-32-25)34-22-6-8-27(24(30)13-22)39-16-18-3-2-4-20(31)11-18/h2-8,11-13,17,19,26H,9-10,14-16H2,1H3,(H,35,38)(H,32,33,34)/t19-,26+/m1/s1. The van der Waals surface area contributed by atoms with E-state index in [1.165, 1.54) is 18.5 Å². The molecule has 2 amide bonds. The predicted molar refractivity (Wildman–Crippen MR) is 150 cm³/mol. The number of likely N-dealkylation sites (N-methyl/N-ethyl adjacent to an activating group) is 1. The third-order valence-electron chi connectivity index (χ3n) is 7.48. The predicted octanol–water partition coefficient (Wildman–Crippen LogP) is 5.91. The molecule has 8 nitrogen and oxygen atoms in total. The second kappa shape index (κ2) is 10.7. The number of fused-ring (bicyclic) bond motifs is 2. The van der Waals surface area contributed by atoms with E-state index in [0.29, 0.717) is 45.5 Å². The van der Waals surface area contributed by atoms with Crippen LogP contribution in [0.1, 0.15) is 12.0 Å². The molecule has 6 rings (SSSR count). The first-order valence-corrected chi connectivity index (χ1v) is 13.3. The Morgan fingerprint density at radius 3 is 2.79 bits per heavy atom. The number of benzene rings is 3. The molecule has 0 bridgehead atoms. The summed E-state index contributed by atoms with van der Waals surface area (Å²) in [4.78, 5) is 26.0. The van der Waals surface area contributed by atoms with Crippen LogP contribution < -0.4 is 15.4 Å². The largest absolute Gasteiger partial charge is 0.487 e. The number of hydrogen-bond acceptors (Lipinski definition) is 6. The molecule has 3 heterocycles. The molecule has 2 atom stereocenters. The van der Waals surface area contributed by atoms with Gasteiger partial charge in [-0.15, -0.1) is 0 Å². The van der Waals surface area contributed by atoms with E-state index in [1.807, 2.05) is 29.2 Å². The summed E-state index contributed by atoms with van der Waals surface area (Å²) >= 11 is 6.47. The molecule has 2 aliphatic heterocycles. The Kier molecular flexibility index (Phi) is 6.93. The van der Waals surface area contributed by atoms with Crippen molar-refractivity contribution in [3.8, 4) is 5.75 Å². The lowest BCUT2D eigenvalue weighted by atomic mass is 10.1. The molecule has 0 radical (unpaired) electrons. The summed E-state index contributed by atoms with van der Waals surface area (Å²) in [6, 6.07) is 17.5. The van der Waals surface area contributed by atoms with E-state index in [2.05, 4.69) is 32.5 Å². The Balaban J connectivity index is 1.15. The summed E-state index contributed by atoms with van der Waals surface area (Å²) in [6.07, 6.45) is 2.62. The molecule has 3 aromatic carbocycles. The van der Waals surface area contributed by atoms with Gasteiger partial charge in [-0.1, -0.05) is 23.7 Å². The van der Waals surface area contributed by atoms with Crippen molar-refractivity contribution in [2.75, 3.05) is 37.3 Å². The Bertz CT molecular complexity index is 1540. The van der Waals surface area contributed by atoms with Crippen LogP contribution in [0.4, 0.5) is 26.4 Å². The smallest absolute Gasteiger partial charge is 0.321 e. The van der Waals surface area contributed by atoms with E-state index in [-0.39, 0.29) is 18.5 Å². The maximum Gasteiger partial charge on any atom is 0.321 e. The van der Waals surface area contributed by atoms with Gasteiger partial charge in [0.2, 0.25) is 0 Å². The van der Waals surface area contributed by atoms with Crippen molar-refractivity contribution in [3.05, 3.63) is 83.4 Å². The Morgan fingerprint density at radius 1 is 1.10 bits per heavy atom. The summed E-state index contributed by atoms with van der Waals surface area (Å²) in [7, 11) is 2.13. The van der Waals surface area contributed by atoms with Crippen molar-refractivity contribution in [2.24, 2.45) is 5.92 Å². The van der Waals surface area contributed by atoms with Gasteiger partial charge >= 0.3 is 6.03 Å². The average Bonchev–Trinajstić information content (AvgIpc) is 3.51. The molecule has 2 saturated heterocycles. The van der Waals surface area contributed by atoms with Crippen LogP contribution in [-0.4, -0.2) is 58.5 Å². The van der Waals surface area contributed by atoms with Gasteiger partial charge in [0.25, 0.3) is 0 Å². The van der Waals surface area contributed by atoms with Crippen molar-refractivity contribution in [1.82, 2.24) is 19.8 Å². The normalized spacial score (nSPS) is 18.8. The second-order valence-corrected chi connectivity index (χ2v) is 10.5. The minimum absolute atomic E-state index is 0.0934. The van der Waals surface area contributed by atoms with Gasteiger partial charge in [0, 0.05) is 35.9 Å². The monoisotopic (exact) mass is 546 g/mol. The van der Waals surface area contributed by atoms with Crippen molar-refractivity contribution in [3.63, 3.8) is 0 Å². The Labute approximate surface area is 230 Å². The number of carbonyl (C=O) groups is 1. The van der Waals surface area contributed by atoms with Crippen LogP contribution >= 0.6 is 11.6 Å². The van der Waals surface area contributed by atoms with Crippen molar-refractivity contribution in [2.45, 2.75) is 19.1 Å². The van der Waals surface area contributed by atoms with Gasteiger partial charge in [0.05, 0.1) is 10.5 Å². The topological polar surface area (TPSA) is 82.6 Å². The van der Waals surface area contributed by atoms with Gasteiger partial charge < -0.3 is 25.2 Å². The maximum absolute atomic E-state index is 13.4. The van der Waals surface area contributed by atoms with Gasteiger partial charge in [0.1, 0.15) is 30.3 Å². The first-order valence-electron chi connectivity index (χ1n) is 12.9. The van der Waals surface area contributed by atoms with Gasteiger partial charge in [-0.25, -0.2) is 19.2 Å². The Hall–Kier alpha value is -3.95. The summed E-state index contributed by atoms with van der Waals surface area (Å²) in [6.45, 7) is 2.83. The fourth-order valence-electron chi connectivity index (χ4n) is 5.39. The highest BCUT2D eigenvalue weighted by Gasteiger charge is 2.41. The quantitative estimate of drug-likeness (QED) is 0.313. The number of urea groups is 1. The van der Waals surface area contributed by atoms with Gasteiger partial charge in [-0.2, -0.15) is 0 Å². The van der Waals surface area contributed by atoms with Crippen molar-refractivity contribution < 1.29 is 13.9 Å². The number of aromatic nitrogens is 2. The number of rotatable bonds is 6. The molecule has 4 aromatic rings. The zero-order valence-corrected chi connectivity index (χ0v) is 22.2. The lowest BCUT2D eigenvalue weighted by molar-refractivity contribution is 0.213. The number of carbonyl (C=O) groups excluding carboxylic acids is 1. The number of nitrogens with zero attached hydrogens (tertiary/aromatic N) is 4. The maximum atomic E-state index is 13.4. The number of anilines is 3. The number of likely N-dealkylation sites (tertiary alicyclic amines) is 2. The zero-order valence-electron chi connectivity index (χ0n) is 21.4. The van der Waals surface area contributed by atoms with Crippen LogP contribution in [-0.2, 0) is 6.61 Å². The summed E-state index contributed by atoms with van der Waals surface area (Å²) in [5.74, 6) is 1.30. The SMILES string of the molecule is CN1CC[C@@H]2CN(C(=O)Nc3ccc4ncnc(Nc5ccc(OCc6cccc(F)c6)c(Cl)c5)c4c3)C[C@@H]21. The van der Waals surface area contributed by atoms with Crippen LogP contribution in [0.3, 0.4) is 0 Å². The Morgan fingerprint density at radius 2 is 1.97 bits per heavy atom. The van der Waals surface area contributed by atoms with Crippen molar-refractivity contribution in [1.29, 1.82) is 0 Å². The molecule has 10 heteroatoms. The summed E-state index contributed by atoms with van der Waals surface area (Å²) in [5.41, 5.74) is 2.84. The fraction of sp³-hybridized carbons (Fsp3) is 0.276. The van der Waals surface area contributed by atoms with Crippen LogP contribution in [0, 0.1) is 11.7 Å². The highest BCUT2D eigenvalue weighted by atomic mass is 35.5. The molecule has 0 aliphatic carbocycles. The molecule has 0 spiro atoms. The lowest BCUT2D eigenvalue weighted by Gasteiger charge is -2.21. The van der Waals surface area contributed by atoms with Crippen LogP contribution in [0.5, 0.6) is 5.75 Å². The lowest BCUT2D eigenvalue weighted by Crippen LogP contribution is -2.37. The van der Waals surface area contributed by atoms with Gasteiger partial charge in [0.15, 0.2) is 0 Å². The molecule has 200 valence electrons. The molecule has 2 N–H and O–H groups in total. The number of amides is 2. The van der Waals surface area contributed by atoms with Crippen molar-refractivity contribution >= 4 is 45.7 Å². The number of halogens is 2. The number of hydrogen-bond donors (Lipinski definition) is 2. The van der Waals surface area contributed by atoms with E-state index < -0.39 is 0 Å². The molecular weight excluding hydrogens is 519 g/mol. The average molecular weight is 547 g/mol. The highest BCUT2D eigenvalue weighted by Crippen LogP contribution is 2.33. The molecule has 2 aliphatic rings. The third kappa shape index (κ3) is 5.46. The minimum Gasteiger partial charge on any atom is -0.487 e. The van der Waals surface area contributed by atoms with E-state index in [1.54, 1.807) is 24.3 Å². The number of ether oxygens (including phenoxy) is 1. The molecule has 0 saturated carbocycles. The third-order valence-corrected chi connectivity index (χ3v) is 7.77. The van der Waals surface area contributed by atoms with Crippen LogP contribution in [0.2, 0.25) is 5.02 Å². The first kappa shape index (κ1) is 25.3. The molecule has 39 heavy (non-hydrogen) atoms. The molecular formula is C29H28ClFN6O2. The fourth-order valence-corrected chi connectivity index (χ4v) is 5.63. The highest BCUT2D eigenvalue weighted by molar-refractivity contribution is 6.32. The molecule has 1 aromatic heterocycles.